The summed E-state index contributed by atoms with van der Waals surface area (Å²) in [4.78, 5) is 40.2. The molecule has 37 heavy (non-hydrogen) atoms. The van der Waals surface area contributed by atoms with Crippen LogP contribution in [0.4, 0.5) is 11.1 Å². The highest BCUT2D eigenvalue weighted by atomic mass is 32.1. The van der Waals surface area contributed by atoms with Crippen LogP contribution in [-0.2, 0) is 23.1 Å². The SMILES string of the molecule is CC1(C)Cc2cnc(N)nc2-c2n[nH]c(C(=O)Nc3nc(CC(=O)N4CCCC4)cs3)c21.CO.C[NH2+]C. The molecule has 0 unspecified atom stereocenters. The molecule has 200 valence electrons. The molecule has 1 aliphatic heterocycles. The third-order valence-electron chi connectivity index (χ3n) is 5.97. The van der Waals surface area contributed by atoms with Gasteiger partial charge in [-0.25, -0.2) is 15.0 Å². The summed E-state index contributed by atoms with van der Waals surface area (Å²) in [5.41, 5.74) is 9.47. The summed E-state index contributed by atoms with van der Waals surface area (Å²) < 4.78 is 0. The zero-order valence-electron chi connectivity index (χ0n) is 22.0. The second-order valence-electron chi connectivity index (χ2n) is 9.43. The smallest absolute Gasteiger partial charge is 0.275 e. The number of amides is 2. The van der Waals surface area contributed by atoms with Crippen molar-refractivity contribution >= 4 is 34.2 Å². The number of fused-ring (bicyclic) bond motifs is 3. The molecule has 13 heteroatoms. The van der Waals surface area contributed by atoms with E-state index in [1.54, 1.807) is 6.20 Å². The van der Waals surface area contributed by atoms with Crippen LogP contribution in [0.3, 0.4) is 0 Å². The standard InChI is InChI=1S/C21H24N8O2S.C2H7N.CH4O/c1-21(2)8-11-9-23-19(22)25-15(11)16-14(21)17(28-27-16)18(31)26-20-24-12(10-32-20)7-13(30)29-5-3-4-6-29;1-3-2;1-2/h9-10H,3-8H2,1-2H3,(H,27,28)(H2,22,23,25)(H,24,26,31);3H,1-2H3;2H,1H3/p+1. The molecule has 7 N–H and O–H groups in total. The van der Waals surface area contributed by atoms with Crippen molar-refractivity contribution in [1.29, 1.82) is 0 Å². The van der Waals surface area contributed by atoms with Crippen LogP contribution >= 0.6 is 11.3 Å². The number of carbonyl (C=O) groups is 2. The lowest BCUT2D eigenvalue weighted by molar-refractivity contribution is -0.597. The van der Waals surface area contributed by atoms with E-state index in [4.69, 9.17) is 10.8 Å². The van der Waals surface area contributed by atoms with Crippen molar-refractivity contribution in [2.45, 2.75) is 44.9 Å². The van der Waals surface area contributed by atoms with E-state index < -0.39 is 0 Å². The number of aliphatic hydroxyl groups is 1. The van der Waals surface area contributed by atoms with Gasteiger partial charge in [0.2, 0.25) is 11.9 Å². The fourth-order valence-corrected chi connectivity index (χ4v) is 5.20. The second kappa shape index (κ2) is 12.2. The van der Waals surface area contributed by atoms with Crippen molar-refractivity contribution in [3.05, 3.63) is 34.1 Å². The first-order valence-electron chi connectivity index (χ1n) is 12.2. The Hall–Kier alpha value is -3.42. The number of carbonyl (C=O) groups excluding carboxylic acids is 2. The minimum absolute atomic E-state index is 0.0787. The van der Waals surface area contributed by atoms with Crippen LogP contribution in [-0.4, -0.2) is 81.3 Å². The van der Waals surface area contributed by atoms with E-state index in [-0.39, 0.29) is 29.6 Å². The number of aromatic nitrogens is 5. The van der Waals surface area contributed by atoms with Gasteiger partial charge in [-0.3, -0.25) is 20.0 Å². The van der Waals surface area contributed by atoms with Gasteiger partial charge in [0, 0.05) is 37.3 Å². The maximum Gasteiger partial charge on any atom is 0.275 e. The number of quaternary nitrogens is 1. The Balaban J connectivity index is 0.000000711. The Bertz CT molecular complexity index is 1230. The summed E-state index contributed by atoms with van der Waals surface area (Å²) in [5.74, 6) is -0.0822. The predicted octanol–water partition coefficient (Wildman–Crippen LogP) is 0.574. The van der Waals surface area contributed by atoms with Crippen molar-refractivity contribution in [2.75, 3.05) is 45.3 Å². The average molecular weight is 531 g/mol. The molecule has 4 heterocycles. The maximum absolute atomic E-state index is 13.1. The lowest BCUT2D eigenvalue weighted by Crippen LogP contribution is -2.74. The topological polar surface area (TPSA) is 180 Å². The van der Waals surface area contributed by atoms with Gasteiger partial charge in [0.25, 0.3) is 5.91 Å². The monoisotopic (exact) mass is 530 g/mol. The summed E-state index contributed by atoms with van der Waals surface area (Å²) in [7, 11) is 5.00. The van der Waals surface area contributed by atoms with Gasteiger partial charge >= 0.3 is 0 Å². The molecule has 1 aliphatic carbocycles. The number of likely N-dealkylation sites (tertiary alicyclic amines) is 1. The maximum atomic E-state index is 13.1. The lowest BCUT2D eigenvalue weighted by Gasteiger charge is -2.30. The van der Waals surface area contributed by atoms with Crippen molar-refractivity contribution in [3.8, 4) is 11.4 Å². The van der Waals surface area contributed by atoms with Crippen LogP contribution in [0, 0.1) is 0 Å². The molecule has 0 atom stereocenters. The molecule has 3 aromatic rings. The third-order valence-corrected chi connectivity index (χ3v) is 6.78. The summed E-state index contributed by atoms with van der Waals surface area (Å²) >= 11 is 1.30. The summed E-state index contributed by atoms with van der Waals surface area (Å²) in [6.45, 7) is 5.74. The fraction of sp³-hybridized carbons (Fsp3) is 0.500. The Kier molecular flexibility index (Phi) is 9.29. The van der Waals surface area contributed by atoms with Gasteiger partial charge in [-0.05, 0) is 30.2 Å². The van der Waals surface area contributed by atoms with Crippen LogP contribution in [0.2, 0.25) is 0 Å². The van der Waals surface area contributed by atoms with Gasteiger partial charge in [0.05, 0.1) is 31.9 Å². The normalized spacial score (nSPS) is 14.9. The molecule has 0 saturated carbocycles. The molecular formula is C24H36N9O3S+. The zero-order chi connectivity index (χ0) is 27.2. The highest BCUT2D eigenvalue weighted by Gasteiger charge is 2.38. The number of hydrogen-bond acceptors (Lipinski definition) is 9. The lowest BCUT2D eigenvalue weighted by atomic mass is 9.73. The van der Waals surface area contributed by atoms with Gasteiger partial charge in [0.1, 0.15) is 11.4 Å². The number of rotatable bonds is 4. The van der Waals surface area contributed by atoms with Crippen molar-refractivity contribution in [1.82, 2.24) is 30.0 Å². The molecule has 0 bridgehead atoms. The Morgan fingerprint density at radius 2 is 1.89 bits per heavy atom. The molecule has 1 fully saturated rings. The van der Waals surface area contributed by atoms with Crippen LogP contribution in [0.5, 0.6) is 0 Å². The summed E-state index contributed by atoms with van der Waals surface area (Å²) in [5, 5.41) is 21.4. The van der Waals surface area contributed by atoms with Gasteiger partial charge in [-0.2, -0.15) is 5.10 Å². The molecule has 2 amide bonds. The number of thiazole rings is 1. The number of aromatic amines is 1. The molecule has 1 saturated heterocycles. The fourth-order valence-electron chi connectivity index (χ4n) is 4.49. The Morgan fingerprint density at radius 1 is 1.22 bits per heavy atom. The molecule has 0 radical (unpaired) electrons. The van der Waals surface area contributed by atoms with Crippen molar-refractivity contribution < 1.29 is 20.0 Å². The van der Waals surface area contributed by atoms with E-state index in [1.807, 2.05) is 29.7 Å². The van der Waals surface area contributed by atoms with E-state index in [0.717, 1.165) is 44.2 Å². The molecular weight excluding hydrogens is 494 g/mol. The van der Waals surface area contributed by atoms with E-state index in [1.165, 1.54) is 11.3 Å². The van der Waals surface area contributed by atoms with Crippen molar-refractivity contribution in [3.63, 3.8) is 0 Å². The summed E-state index contributed by atoms with van der Waals surface area (Å²) in [6.07, 6.45) is 4.74. The number of nitrogens with two attached hydrogens (primary N) is 2. The molecule has 3 aromatic heterocycles. The van der Waals surface area contributed by atoms with Gasteiger partial charge < -0.3 is 21.1 Å². The largest absolute Gasteiger partial charge is 0.400 e. The second-order valence-corrected chi connectivity index (χ2v) is 10.3. The van der Waals surface area contributed by atoms with Crippen LogP contribution in [0.15, 0.2) is 11.6 Å². The number of nitrogen functional groups attached to an aromatic ring is 1. The highest BCUT2D eigenvalue weighted by Crippen LogP contribution is 2.42. The zero-order valence-corrected chi connectivity index (χ0v) is 22.8. The molecule has 2 aliphatic rings. The third kappa shape index (κ3) is 6.29. The first-order chi connectivity index (χ1) is 17.7. The number of H-pyrrole nitrogens is 1. The number of nitrogens with one attached hydrogen (secondary N) is 2. The number of hydrogen-bond donors (Lipinski definition) is 5. The molecule has 0 aromatic carbocycles. The van der Waals surface area contributed by atoms with E-state index in [0.29, 0.717) is 34.3 Å². The van der Waals surface area contributed by atoms with Crippen LogP contribution in [0.1, 0.15) is 54.0 Å². The van der Waals surface area contributed by atoms with Gasteiger partial charge in [-0.1, -0.05) is 13.8 Å². The van der Waals surface area contributed by atoms with E-state index in [9.17, 15) is 9.59 Å². The van der Waals surface area contributed by atoms with Gasteiger partial charge in [-0.15, -0.1) is 11.3 Å². The Morgan fingerprint density at radius 3 is 2.57 bits per heavy atom. The quantitative estimate of drug-likeness (QED) is 0.325. The molecule has 0 spiro atoms. The predicted molar refractivity (Wildman–Crippen MR) is 142 cm³/mol. The van der Waals surface area contributed by atoms with Crippen LogP contribution in [0.25, 0.3) is 11.4 Å². The minimum Gasteiger partial charge on any atom is -0.400 e. The summed E-state index contributed by atoms with van der Waals surface area (Å²) in [6, 6.07) is 0. The highest BCUT2D eigenvalue weighted by molar-refractivity contribution is 7.14. The molecule has 5 rings (SSSR count). The minimum atomic E-state index is -0.350. The van der Waals surface area contributed by atoms with Gasteiger partial charge in [0.15, 0.2) is 5.13 Å². The number of anilines is 2. The van der Waals surface area contributed by atoms with E-state index in [2.05, 4.69) is 44.3 Å². The first kappa shape index (κ1) is 28.2. The van der Waals surface area contributed by atoms with E-state index >= 15 is 0 Å². The van der Waals surface area contributed by atoms with Crippen molar-refractivity contribution in [2.24, 2.45) is 0 Å². The number of nitrogens with zero attached hydrogens (tertiary/aromatic N) is 5. The Labute approximate surface area is 220 Å². The number of aliphatic hydroxyl groups excluding tert-OH is 1. The first-order valence-corrected chi connectivity index (χ1v) is 13.0. The van der Waals surface area contributed by atoms with Crippen LogP contribution < -0.4 is 16.4 Å². The average Bonchev–Trinajstić information content (AvgIpc) is 3.63. The molecule has 12 nitrogen and oxygen atoms in total.